The van der Waals surface area contributed by atoms with Crippen molar-refractivity contribution in [2.24, 2.45) is 0 Å². The minimum Gasteiger partial charge on any atom is -0.490 e. The molecular weight excluding hydrogens is 355 g/mol. The third-order valence-corrected chi connectivity index (χ3v) is 6.70. The summed E-state index contributed by atoms with van der Waals surface area (Å²) in [5.41, 5.74) is 3.30. The number of carbonyl (C=O) groups is 1. The smallest absolute Gasteiger partial charge is 0.164 e. The average Bonchev–Trinajstić information content (AvgIpc) is 2.97. The van der Waals surface area contributed by atoms with Gasteiger partial charge < -0.3 is 14.5 Å². The predicted octanol–water partition coefficient (Wildman–Crippen LogP) is 3.64. The molecule has 0 bridgehead atoms. The molecule has 0 spiro atoms. The van der Waals surface area contributed by atoms with Crippen molar-refractivity contribution < 1.29 is 13.9 Å². The molecule has 0 aromatic heterocycles. The molecule has 0 radical (unpaired) electrons. The number of piperidine rings is 1. The number of carbonyl (C=O) groups excluding carboxylic acids is 1. The molecule has 0 amide bonds. The molecule has 5 rings (SSSR count). The summed E-state index contributed by atoms with van der Waals surface area (Å²) in [4.78, 5) is 17.4. The second kappa shape index (κ2) is 6.59. The first-order valence-electron chi connectivity index (χ1n) is 10.1. The van der Waals surface area contributed by atoms with Gasteiger partial charge in [0.25, 0.3) is 0 Å². The number of hydrogen-bond acceptors (Lipinski definition) is 4. The number of hydrogen-bond donors (Lipinski definition) is 0. The van der Waals surface area contributed by atoms with E-state index in [9.17, 15) is 9.18 Å². The lowest BCUT2D eigenvalue weighted by molar-refractivity contribution is 0.0927. The number of ketones is 1. The number of ether oxygens (including phenoxy) is 1. The molecule has 0 N–H and O–H groups in total. The molecular formula is C23H25FN2O2. The summed E-state index contributed by atoms with van der Waals surface area (Å²) in [6, 6.07) is 12.8. The van der Waals surface area contributed by atoms with Crippen molar-refractivity contribution in [3.8, 4) is 5.75 Å². The molecule has 0 saturated carbocycles. The van der Waals surface area contributed by atoms with E-state index >= 15 is 0 Å². The van der Waals surface area contributed by atoms with Crippen molar-refractivity contribution in [2.45, 2.75) is 31.2 Å². The van der Waals surface area contributed by atoms with Crippen LogP contribution >= 0.6 is 0 Å². The first kappa shape index (κ1) is 17.7. The summed E-state index contributed by atoms with van der Waals surface area (Å²) in [7, 11) is 0. The molecule has 28 heavy (non-hydrogen) atoms. The highest BCUT2D eigenvalue weighted by atomic mass is 19.1. The zero-order valence-corrected chi connectivity index (χ0v) is 16.2. The fourth-order valence-electron chi connectivity index (χ4n) is 5.34. The van der Waals surface area contributed by atoms with Gasteiger partial charge in [0.1, 0.15) is 18.2 Å². The Kier molecular flexibility index (Phi) is 4.16. The van der Waals surface area contributed by atoms with Crippen LogP contribution in [0, 0.1) is 5.82 Å². The van der Waals surface area contributed by atoms with Crippen LogP contribution in [-0.2, 0) is 5.41 Å². The number of halogens is 1. The summed E-state index contributed by atoms with van der Waals surface area (Å²) in [6.45, 7) is 6.74. The Morgan fingerprint density at radius 2 is 2.04 bits per heavy atom. The fraction of sp³-hybridized carbons (Fsp3) is 0.435. The van der Waals surface area contributed by atoms with E-state index in [-0.39, 0.29) is 17.0 Å². The number of rotatable bonds is 4. The van der Waals surface area contributed by atoms with E-state index in [0.29, 0.717) is 18.0 Å². The van der Waals surface area contributed by atoms with Gasteiger partial charge in [-0.15, -0.1) is 0 Å². The van der Waals surface area contributed by atoms with E-state index in [2.05, 4.69) is 34.9 Å². The van der Waals surface area contributed by atoms with Crippen molar-refractivity contribution in [3.05, 3.63) is 59.4 Å². The quantitative estimate of drug-likeness (QED) is 0.758. The molecule has 0 unspecified atom stereocenters. The van der Waals surface area contributed by atoms with Gasteiger partial charge in [-0.2, -0.15) is 0 Å². The molecule has 0 aliphatic carbocycles. The van der Waals surface area contributed by atoms with Gasteiger partial charge in [0.15, 0.2) is 5.78 Å². The summed E-state index contributed by atoms with van der Waals surface area (Å²) in [5.74, 6) is 0.781. The van der Waals surface area contributed by atoms with Crippen LogP contribution in [0.3, 0.4) is 0 Å². The van der Waals surface area contributed by atoms with Crippen LogP contribution in [0.15, 0.2) is 42.5 Å². The van der Waals surface area contributed by atoms with Crippen LogP contribution in [0.5, 0.6) is 5.75 Å². The van der Waals surface area contributed by atoms with Gasteiger partial charge in [-0.3, -0.25) is 4.79 Å². The van der Waals surface area contributed by atoms with E-state index < -0.39 is 0 Å². The Balaban J connectivity index is 1.32. The third kappa shape index (κ3) is 2.72. The monoisotopic (exact) mass is 380 g/mol. The fourth-order valence-corrected chi connectivity index (χ4v) is 5.34. The predicted molar refractivity (Wildman–Crippen MR) is 107 cm³/mol. The maximum Gasteiger partial charge on any atom is 0.164 e. The zero-order chi connectivity index (χ0) is 19.3. The first-order valence-corrected chi connectivity index (χ1v) is 10.1. The second-order valence-electron chi connectivity index (χ2n) is 8.37. The van der Waals surface area contributed by atoms with Gasteiger partial charge in [-0.25, -0.2) is 4.39 Å². The molecule has 4 nitrogen and oxygen atoms in total. The molecule has 1 saturated heterocycles. The van der Waals surface area contributed by atoms with Gasteiger partial charge in [-0.05, 0) is 42.3 Å². The number of likely N-dealkylation sites (tertiary alicyclic amines) is 1. The van der Waals surface area contributed by atoms with Crippen LogP contribution in [-0.4, -0.2) is 49.5 Å². The molecule has 3 aliphatic heterocycles. The van der Waals surface area contributed by atoms with Crippen LogP contribution < -0.4 is 9.64 Å². The lowest BCUT2D eigenvalue weighted by Crippen LogP contribution is -2.56. The van der Waals surface area contributed by atoms with Gasteiger partial charge in [0.2, 0.25) is 0 Å². The normalized spacial score (nSPS) is 25.8. The van der Waals surface area contributed by atoms with Crippen LogP contribution in [0.1, 0.15) is 35.7 Å². The summed E-state index contributed by atoms with van der Waals surface area (Å²) in [6.07, 6.45) is 1.56. The molecule has 146 valence electrons. The SMILES string of the molecule is C[C@@]12CN(CCC(=O)c3ccc(F)cc3)CC[C@@H]1N1CCOc3cccc2c31. The summed E-state index contributed by atoms with van der Waals surface area (Å²) < 4.78 is 19.0. The zero-order valence-electron chi connectivity index (χ0n) is 16.2. The van der Waals surface area contributed by atoms with Crippen LogP contribution in [0.2, 0.25) is 0 Å². The number of Topliss-reactive ketones (excluding diaryl/α,β-unsaturated/α-hetero) is 1. The van der Waals surface area contributed by atoms with E-state index in [1.807, 2.05) is 0 Å². The average molecular weight is 380 g/mol. The largest absolute Gasteiger partial charge is 0.490 e. The van der Waals surface area contributed by atoms with E-state index in [0.717, 1.165) is 45.0 Å². The van der Waals surface area contributed by atoms with Crippen LogP contribution in [0.25, 0.3) is 0 Å². The van der Waals surface area contributed by atoms with Crippen LogP contribution in [0.4, 0.5) is 10.1 Å². The van der Waals surface area contributed by atoms with Crippen molar-refractivity contribution >= 4 is 11.5 Å². The van der Waals surface area contributed by atoms with Crippen molar-refractivity contribution in [3.63, 3.8) is 0 Å². The van der Waals surface area contributed by atoms with Crippen molar-refractivity contribution in [1.29, 1.82) is 0 Å². The van der Waals surface area contributed by atoms with Gasteiger partial charge in [-0.1, -0.05) is 19.1 Å². The van der Waals surface area contributed by atoms with E-state index in [1.54, 1.807) is 12.1 Å². The lowest BCUT2D eigenvalue weighted by Gasteiger charge is -2.45. The second-order valence-corrected chi connectivity index (χ2v) is 8.37. The molecule has 2 aromatic carbocycles. The highest BCUT2D eigenvalue weighted by Gasteiger charge is 2.52. The molecule has 1 fully saturated rings. The Bertz CT molecular complexity index is 913. The first-order chi connectivity index (χ1) is 13.6. The third-order valence-electron chi connectivity index (χ3n) is 6.70. The molecule has 3 heterocycles. The van der Waals surface area contributed by atoms with Crippen molar-refractivity contribution in [2.75, 3.05) is 37.7 Å². The highest BCUT2D eigenvalue weighted by Crippen LogP contribution is 2.53. The summed E-state index contributed by atoms with van der Waals surface area (Å²) >= 11 is 0. The number of anilines is 1. The maximum absolute atomic E-state index is 13.1. The van der Waals surface area contributed by atoms with E-state index in [4.69, 9.17) is 4.74 Å². The van der Waals surface area contributed by atoms with Gasteiger partial charge in [0.05, 0.1) is 12.2 Å². The number of nitrogens with zero attached hydrogens (tertiary/aromatic N) is 2. The standard InChI is InChI=1S/C23H25FN2O2/c1-23-15-25(11-9-19(27)16-5-7-17(24)8-6-16)12-10-21(23)26-13-14-28-20-4-2-3-18(23)22(20)26/h2-8,21H,9-15H2,1H3/t21-,23-/m0/s1. The van der Waals surface area contributed by atoms with Crippen molar-refractivity contribution in [1.82, 2.24) is 4.90 Å². The minimum absolute atomic E-state index is 0.0518. The summed E-state index contributed by atoms with van der Waals surface area (Å²) in [5, 5.41) is 0. The minimum atomic E-state index is -0.309. The Labute approximate surface area is 164 Å². The topological polar surface area (TPSA) is 32.8 Å². The van der Waals surface area contributed by atoms with Gasteiger partial charge >= 0.3 is 0 Å². The Hall–Kier alpha value is -2.40. The number of benzene rings is 2. The Morgan fingerprint density at radius 1 is 1.21 bits per heavy atom. The van der Waals surface area contributed by atoms with Gasteiger partial charge in [0, 0.05) is 43.1 Å². The van der Waals surface area contributed by atoms with E-state index in [1.165, 1.54) is 23.4 Å². The molecule has 3 aliphatic rings. The molecule has 2 atom stereocenters. The number of para-hydroxylation sites is 1. The highest BCUT2D eigenvalue weighted by molar-refractivity contribution is 5.96. The maximum atomic E-state index is 13.1. The molecule has 2 aromatic rings. The number of fused-ring (bicyclic) bond motifs is 3. The molecule has 5 heteroatoms. The Morgan fingerprint density at radius 3 is 2.86 bits per heavy atom. The lowest BCUT2D eigenvalue weighted by atomic mass is 9.74.